The Labute approximate surface area is 128 Å². The summed E-state index contributed by atoms with van der Waals surface area (Å²) in [7, 11) is 0. The van der Waals surface area contributed by atoms with E-state index in [0.29, 0.717) is 6.54 Å². The summed E-state index contributed by atoms with van der Waals surface area (Å²) in [5.74, 6) is -0.489. The van der Waals surface area contributed by atoms with Crippen LogP contribution in [-0.4, -0.2) is 40.2 Å². The van der Waals surface area contributed by atoms with Crippen molar-refractivity contribution in [2.24, 2.45) is 5.92 Å². The number of carboxylic acid groups (broad SMARTS) is 1. The first-order valence-corrected chi connectivity index (χ1v) is 8.26. The fourth-order valence-electron chi connectivity index (χ4n) is 3.20. The molecular weight excluding hydrogens is 286 g/mol. The van der Waals surface area contributed by atoms with Crippen molar-refractivity contribution in [3.05, 3.63) is 29.8 Å². The number of nitrogens with zero attached hydrogens (tertiary/aromatic N) is 1. The molecule has 1 fully saturated rings. The molecule has 2 aliphatic rings. The number of thioether (sulfide) groups is 1. The third-order valence-electron chi connectivity index (χ3n) is 4.22. The van der Waals surface area contributed by atoms with Gasteiger partial charge in [0, 0.05) is 24.4 Å². The molecule has 2 aliphatic heterocycles. The third kappa shape index (κ3) is 3.23. The lowest BCUT2D eigenvalue weighted by Gasteiger charge is -2.33. The highest BCUT2D eigenvalue weighted by Gasteiger charge is 2.33. The highest BCUT2D eigenvalue weighted by molar-refractivity contribution is 8.01. The van der Waals surface area contributed by atoms with E-state index in [0.717, 1.165) is 25.8 Å². The summed E-state index contributed by atoms with van der Waals surface area (Å²) >= 11 is 1.65. The largest absolute Gasteiger partial charge is 0.481 e. The first kappa shape index (κ1) is 14.4. The van der Waals surface area contributed by atoms with Crippen LogP contribution in [0.3, 0.4) is 0 Å². The van der Waals surface area contributed by atoms with E-state index >= 15 is 0 Å². The summed E-state index contributed by atoms with van der Waals surface area (Å²) in [6.07, 6.45) is 2.78. The zero-order valence-electron chi connectivity index (χ0n) is 11.8. The number of carbonyl (C=O) groups excluding carboxylic acids is 1. The maximum absolute atomic E-state index is 12.7. The van der Waals surface area contributed by atoms with Crippen molar-refractivity contribution >= 4 is 23.6 Å². The minimum absolute atomic E-state index is 0.0361. The smallest absolute Gasteiger partial charge is 0.303 e. The van der Waals surface area contributed by atoms with Crippen molar-refractivity contribution in [3.8, 4) is 0 Å². The molecule has 1 N–H and O–H groups in total. The normalized spacial score (nSPS) is 24.7. The molecule has 21 heavy (non-hydrogen) atoms. The van der Waals surface area contributed by atoms with Gasteiger partial charge in [-0.1, -0.05) is 18.2 Å². The molecule has 2 unspecified atom stereocenters. The van der Waals surface area contributed by atoms with Crippen molar-refractivity contribution in [1.29, 1.82) is 0 Å². The molecule has 2 atom stereocenters. The van der Waals surface area contributed by atoms with Gasteiger partial charge in [0.15, 0.2) is 0 Å². The van der Waals surface area contributed by atoms with Crippen LogP contribution in [0.4, 0.5) is 0 Å². The predicted octanol–water partition coefficient (Wildman–Crippen LogP) is 2.42. The molecule has 1 aromatic rings. The Kier molecular flexibility index (Phi) is 4.19. The van der Waals surface area contributed by atoms with Crippen molar-refractivity contribution < 1.29 is 14.7 Å². The van der Waals surface area contributed by atoms with Crippen LogP contribution in [0.5, 0.6) is 0 Å². The second kappa shape index (κ2) is 6.10. The molecule has 0 aromatic heterocycles. The summed E-state index contributed by atoms with van der Waals surface area (Å²) in [5.41, 5.74) is 1.25. The predicted molar refractivity (Wildman–Crippen MR) is 81.3 cm³/mol. The highest BCUT2D eigenvalue weighted by Crippen LogP contribution is 2.38. The van der Waals surface area contributed by atoms with Crippen molar-refractivity contribution in [3.63, 3.8) is 0 Å². The molecule has 1 amide bonds. The second-order valence-corrected chi connectivity index (χ2v) is 7.05. The summed E-state index contributed by atoms with van der Waals surface area (Å²) in [5, 5.41) is 8.88. The standard InChI is InChI=1S/C16H19NO3S/c18-15(19)8-11-4-3-7-17(10-11)16(20)14-9-12-5-1-2-6-13(12)21-14/h1-2,5-6,11,14H,3-4,7-10H2,(H,18,19). The number of carbonyl (C=O) groups is 2. The number of likely N-dealkylation sites (tertiary alicyclic amines) is 1. The monoisotopic (exact) mass is 305 g/mol. The molecule has 0 bridgehead atoms. The number of fused-ring (bicyclic) bond motifs is 1. The highest BCUT2D eigenvalue weighted by atomic mass is 32.2. The van der Waals surface area contributed by atoms with E-state index in [1.54, 1.807) is 11.8 Å². The molecule has 1 aromatic carbocycles. The maximum Gasteiger partial charge on any atom is 0.303 e. The molecular formula is C16H19NO3S. The molecule has 1 saturated heterocycles. The molecule has 0 saturated carbocycles. The van der Waals surface area contributed by atoms with E-state index in [-0.39, 0.29) is 23.5 Å². The SMILES string of the molecule is O=C(O)CC1CCCN(C(=O)C2Cc3ccccc3S2)C1. The Balaban J connectivity index is 1.62. The van der Waals surface area contributed by atoms with Crippen LogP contribution >= 0.6 is 11.8 Å². The minimum Gasteiger partial charge on any atom is -0.481 e. The molecule has 0 aliphatic carbocycles. The maximum atomic E-state index is 12.7. The number of hydrogen-bond donors (Lipinski definition) is 1. The number of benzene rings is 1. The second-order valence-electron chi connectivity index (χ2n) is 5.81. The van der Waals surface area contributed by atoms with Crippen LogP contribution in [0.1, 0.15) is 24.8 Å². The first-order chi connectivity index (χ1) is 10.1. The summed E-state index contributed by atoms with van der Waals surface area (Å²) in [4.78, 5) is 26.6. The van der Waals surface area contributed by atoms with Crippen LogP contribution < -0.4 is 0 Å². The van der Waals surface area contributed by atoms with Crippen LogP contribution in [0.15, 0.2) is 29.2 Å². The van der Waals surface area contributed by atoms with Crippen LogP contribution in [0, 0.1) is 5.92 Å². The lowest BCUT2D eigenvalue weighted by atomic mass is 9.94. The van der Waals surface area contributed by atoms with Crippen LogP contribution in [0.2, 0.25) is 0 Å². The van der Waals surface area contributed by atoms with Gasteiger partial charge in [-0.25, -0.2) is 0 Å². The van der Waals surface area contributed by atoms with Gasteiger partial charge in [0.1, 0.15) is 0 Å². The molecule has 5 heteroatoms. The number of rotatable bonds is 3. The summed E-state index contributed by atoms with van der Waals surface area (Å²) in [6, 6.07) is 8.16. The first-order valence-electron chi connectivity index (χ1n) is 7.38. The van der Waals surface area contributed by atoms with Gasteiger partial charge < -0.3 is 10.0 Å². The third-order valence-corrected chi connectivity index (χ3v) is 5.52. The topological polar surface area (TPSA) is 57.6 Å². The van der Waals surface area contributed by atoms with Gasteiger partial charge in [-0.2, -0.15) is 0 Å². The number of carboxylic acids is 1. The Morgan fingerprint density at radius 1 is 1.33 bits per heavy atom. The van der Waals surface area contributed by atoms with Gasteiger partial charge in [0.2, 0.25) is 5.91 Å². The lowest BCUT2D eigenvalue weighted by molar-refractivity contribution is -0.140. The Hall–Kier alpha value is -1.49. The molecule has 112 valence electrons. The van der Waals surface area contributed by atoms with E-state index in [1.165, 1.54) is 10.5 Å². The van der Waals surface area contributed by atoms with E-state index in [9.17, 15) is 9.59 Å². The lowest BCUT2D eigenvalue weighted by Crippen LogP contribution is -2.44. The molecule has 2 heterocycles. The van der Waals surface area contributed by atoms with Crippen LogP contribution in [-0.2, 0) is 16.0 Å². The number of hydrogen-bond acceptors (Lipinski definition) is 3. The van der Waals surface area contributed by atoms with Gasteiger partial charge >= 0.3 is 5.97 Å². The van der Waals surface area contributed by atoms with Gasteiger partial charge in [-0.05, 0) is 36.8 Å². The fraction of sp³-hybridized carbons (Fsp3) is 0.500. The molecule has 4 nitrogen and oxygen atoms in total. The van der Waals surface area contributed by atoms with Crippen LogP contribution in [0.25, 0.3) is 0 Å². The minimum atomic E-state index is -0.767. The Bertz CT molecular complexity index is 535. The van der Waals surface area contributed by atoms with Crippen molar-refractivity contribution in [1.82, 2.24) is 4.90 Å². The number of aliphatic carboxylic acids is 1. The quantitative estimate of drug-likeness (QED) is 0.932. The Morgan fingerprint density at radius 3 is 2.90 bits per heavy atom. The van der Waals surface area contributed by atoms with Gasteiger partial charge in [0.05, 0.1) is 5.25 Å². The number of amides is 1. The van der Waals surface area contributed by atoms with Gasteiger partial charge in [-0.3, -0.25) is 9.59 Å². The van der Waals surface area contributed by atoms with E-state index in [1.807, 2.05) is 17.0 Å². The average Bonchev–Trinajstić information content (AvgIpc) is 2.90. The summed E-state index contributed by atoms with van der Waals surface area (Å²) < 4.78 is 0. The molecule has 0 spiro atoms. The van der Waals surface area contributed by atoms with Crippen molar-refractivity contribution in [2.75, 3.05) is 13.1 Å². The van der Waals surface area contributed by atoms with E-state index < -0.39 is 5.97 Å². The van der Waals surface area contributed by atoms with Crippen molar-refractivity contribution in [2.45, 2.75) is 35.8 Å². The molecule has 3 rings (SSSR count). The fourth-order valence-corrected chi connectivity index (χ4v) is 4.48. The van der Waals surface area contributed by atoms with Gasteiger partial charge in [-0.15, -0.1) is 11.8 Å². The average molecular weight is 305 g/mol. The zero-order chi connectivity index (χ0) is 14.8. The van der Waals surface area contributed by atoms with E-state index in [2.05, 4.69) is 12.1 Å². The van der Waals surface area contributed by atoms with E-state index in [4.69, 9.17) is 5.11 Å². The molecule has 0 radical (unpaired) electrons. The summed E-state index contributed by atoms with van der Waals surface area (Å²) in [6.45, 7) is 1.36. The Morgan fingerprint density at radius 2 is 2.14 bits per heavy atom. The zero-order valence-corrected chi connectivity index (χ0v) is 12.6. The van der Waals surface area contributed by atoms with Gasteiger partial charge in [0.25, 0.3) is 0 Å². The number of piperidine rings is 1.